The van der Waals surface area contributed by atoms with Gasteiger partial charge in [0.05, 0.1) is 25.7 Å². The number of nitrogens with one attached hydrogen (secondary N) is 1. The Kier molecular flexibility index (Phi) is 8.75. The number of hydrogen-bond donors (Lipinski definition) is 1. The van der Waals surface area contributed by atoms with Gasteiger partial charge in [-0.1, -0.05) is 31.2 Å². The highest BCUT2D eigenvalue weighted by Gasteiger charge is 2.40. The molecule has 1 aliphatic heterocycles. The molecule has 0 fully saturated rings. The molecular formula is C29H38FN3O3. The Morgan fingerprint density at radius 1 is 1.28 bits per heavy atom. The summed E-state index contributed by atoms with van der Waals surface area (Å²) >= 11 is 0. The molecule has 6 nitrogen and oxygen atoms in total. The van der Waals surface area contributed by atoms with Crippen LogP contribution in [0.5, 0.6) is 5.88 Å². The van der Waals surface area contributed by atoms with Crippen molar-refractivity contribution in [2.45, 2.75) is 52.1 Å². The Morgan fingerprint density at radius 2 is 2.08 bits per heavy atom. The van der Waals surface area contributed by atoms with Crippen LogP contribution in [-0.2, 0) is 16.0 Å². The lowest BCUT2D eigenvalue weighted by Crippen LogP contribution is -2.44. The third-order valence-corrected chi connectivity index (χ3v) is 7.43. The van der Waals surface area contributed by atoms with Gasteiger partial charge in [0, 0.05) is 30.9 Å². The summed E-state index contributed by atoms with van der Waals surface area (Å²) in [5.41, 5.74) is 7.73. The molecule has 0 bridgehead atoms. The summed E-state index contributed by atoms with van der Waals surface area (Å²) in [5.74, 6) is 0.196. The summed E-state index contributed by atoms with van der Waals surface area (Å²) < 4.78 is 23.4. The molecule has 3 atom stereocenters. The lowest BCUT2D eigenvalue weighted by atomic mass is 9.83. The van der Waals surface area contributed by atoms with Gasteiger partial charge < -0.3 is 14.8 Å². The zero-order valence-electron chi connectivity index (χ0n) is 21.9. The molecule has 2 aliphatic rings. The third-order valence-electron chi connectivity index (χ3n) is 7.43. The second-order valence-corrected chi connectivity index (χ2v) is 9.89. The summed E-state index contributed by atoms with van der Waals surface area (Å²) in [7, 11) is 1.45. The molecule has 2 aromatic rings. The molecule has 194 valence electrons. The Balaban J connectivity index is 1.66. The number of halogens is 1. The Bertz CT molecular complexity index is 1100. The van der Waals surface area contributed by atoms with Crippen LogP contribution in [0.15, 0.2) is 42.1 Å². The molecule has 2 heterocycles. The lowest BCUT2D eigenvalue weighted by Gasteiger charge is -2.43. The second kappa shape index (κ2) is 12.0. The zero-order valence-corrected chi connectivity index (χ0v) is 21.9. The average molecular weight is 496 g/mol. The van der Waals surface area contributed by atoms with Crippen LogP contribution < -0.4 is 10.1 Å². The molecule has 0 unspecified atom stereocenters. The largest absolute Gasteiger partial charge is 0.476 e. The molecule has 0 saturated heterocycles. The number of hydrogen-bond acceptors (Lipinski definition) is 6. The number of rotatable bonds is 11. The van der Waals surface area contributed by atoms with Crippen molar-refractivity contribution >= 4 is 11.5 Å². The molecule has 1 aliphatic carbocycles. The third kappa shape index (κ3) is 5.47. The molecule has 4 rings (SSSR count). The van der Waals surface area contributed by atoms with Crippen molar-refractivity contribution in [1.82, 2.24) is 15.2 Å². The fraction of sp³-hybridized carbons (Fsp3) is 0.517. The van der Waals surface area contributed by atoms with Crippen LogP contribution >= 0.6 is 0 Å². The molecule has 1 aromatic heterocycles. The fourth-order valence-electron chi connectivity index (χ4n) is 5.58. The Labute approximate surface area is 213 Å². The zero-order chi connectivity index (χ0) is 25.7. The fourth-order valence-corrected chi connectivity index (χ4v) is 5.58. The van der Waals surface area contributed by atoms with Crippen molar-refractivity contribution in [2.75, 3.05) is 40.0 Å². The van der Waals surface area contributed by atoms with E-state index in [0.717, 1.165) is 24.0 Å². The summed E-state index contributed by atoms with van der Waals surface area (Å²) in [6, 6.07) is 11.1. The number of carbonyl (C=O) groups is 1. The summed E-state index contributed by atoms with van der Waals surface area (Å²) in [6.07, 6.45) is 4.18. The van der Waals surface area contributed by atoms with Crippen LogP contribution in [0.1, 0.15) is 55.0 Å². The van der Waals surface area contributed by atoms with E-state index in [9.17, 15) is 9.18 Å². The first-order valence-electron chi connectivity index (χ1n) is 12.9. The van der Waals surface area contributed by atoms with Crippen LogP contribution in [0.3, 0.4) is 0 Å². The van der Waals surface area contributed by atoms with Gasteiger partial charge in [-0.15, -0.1) is 0 Å². The number of esters is 1. The lowest BCUT2D eigenvalue weighted by molar-refractivity contribution is -0.145. The number of aromatic nitrogens is 1. The van der Waals surface area contributed by atoms with Gasteiger partial charge in [0.25, 0.3) is 0 Å². The smallest absolute Gasteiger partial charge is 0.309 e. The van der Waals surface area contributed by atoms with Crippen molar-refractivity contribution in [3.63, 3.8) is 0 Å². The molecule has 7 heteroatoms. The van der Waals surface area contributed by atoms with Crippen molar-refractivity contribution < 1.29 is 18.7 Å². The van der Waals surface area contributed by atoms with Crippen LogP contribution in [0.4, 0.5) is 4.39 Å². The first-order valence-corrected chi connectivity index (χ1v) is 12.9. The molecule has 0 saturated carbocycles. The van der Waals surface area contributed by atoms with E-state index in [1.54, 1.807) is 0 Å². The van der Waals surface area contributed by atoms with Gasteiger partial charge in [0.15, 0.2) is 0 Å². The highest BCUT2D eigenvalue weighted by atomic mass is 19.1. The average Bonchev–Trinajstić information content (AvgIpc) is 3.25. The van der Waals surface area contributed by atoms with E-state index in [1.165, 1.54) is 29.4 Å². The number of ether oxygens (including phenoxy) is 2. The maximum atomic E-state index is 12.4. The normalized spacial score (nSPS) is 20.1. The maximum absolute atomic E-state index is 12.4. The van der Waals surface area contributed by atoms with E-state index >= 15 is 0 Å². The number of carbonyl (C=O) groups excluding carboxylic acids is 1. The van der Waals surface area contributed by atoms with E-state index < -0.39 is 0 Å². The monoisotopic (exact) mass is 495 g/mol. The van der Waals surface area contributed by atoms with Crippen LogP contribution in [-0.4, -0.2) is 61.9 Å². The van der Waals surface area contributed by atoms with Gasteiger partial charge in [-0.05, 0) is 73.6 Å². The van der Waals surface area contributed by atoms with E-state index in [-0.39, 0.29) is 30.6 Å². The first kappa shape index (κ1) is 26.3. The number of pyridine rings is 1. The summed E-state index contributed by atoms with van der Waals surface area (Å²) in [5, 5.41) is 3.19. The second-order valence-electron chi connectivity index (χ2n) is 9.89. The predicted octanol–water partition coefficient (Wildman–Crippen LogP) is 4.67. The maximum Gasteiger partial charge on any atom is 0.309 e. The minimum absolute atomic E-state index is 0.0243. The summed E-state index contributed by atoms with van der Waals surface area (Å²) in [4.78, 5) is 19.3. The van der Waals surface area contributed by atoms with Gasteiger partial charge in [-0.25, -0.2) is 4.98 Å². The van der Waals surface area contributed by atoms with Gasteiger partial charge in [-0.3, -0.25) is 14.1 Å². The number of benzene rings is 1. The van der Waals surface area contributed by atoms with Crippen LogP contribution in [0, 0.1) is 12.8 Å². The Hall–Kier alpha value is -2.77. The highest BCUT2D eigenvalue weighted by Crippen LogP contribution is 2.49. The molecule has 1 N–H and O–H groups in total. The van der Waals surface area contributed by atoms with E-state index in [4.69, 9.17) is 9.47 Å². The van der Waals surface area contributed by atoms with Crippen molar-refractivity contribution in [2.24, 2.45) is 5.92 Å². The van der Waals surface area contributed by atoms with Crippen molar-refractivity contribution in [3.05, 3.63) is 64.4 Å². The van der Waals surface area contributed by atoms with E-state index in [1.807, 2.05) is 13.1 Å². The quantitative estimate of drug-likeness (QED) is 0.361. The molecular weight excluding hydrogens is 457 g/mol. The number of fused-ring (bicyclic) bond motifs is 2. The SMILES string of the molecule is COC(=O)[C@H](C)CN1[C@H](C)CC2=C(Cc3ccccc32)[C@H]1c1ccnc(OCCNCCCF)c1C. The number of nitrogens with zero attached hydrogens (tertiary/aromatic N) is 2. The van der Waals surface area contributed by atoms with Gasteiger partial charge in [-0.2, -0.15) is 0 Å². The topological polar surface area (TPSA) is 63.7 Å². The standard InChI is InChI=1S/C29H38FN3O3/c1-19(29(34)35-4)18-33-20(2)16-25-24-9-6-5-8-22(24)17-26(25)27(33)23-10-13-32-28(21(23)3)36-15-14-31-12-7-11-30/h5-6,8-10,13,19-20,27,31H,7,11-12,14-18H2,1-4H3/t19-,20-,27-/m1/s1. The minimum Gasteiger partial charge on any atom is -0.476 e. The first-order chi connectivity index (χ1) is 17.5. The van der Waals surface area contributed by atoms with Gasteiger partial charge >= 0.3 is 5.97 Å². The molecule has 36 heavy (non-hydrogen) atoms. The number of methoxy groups -OCH3 is 1. The molecule has 0 radical (unpaired) electrons. The van der Waals surface area contributed by atoms with E-state index in [0.29, 0.717) is 38.5 Å². The predicted molar refractivity (Wildman–Crippen MR) is 140 cm³/mol. The Morgan fingerprint density at radius 3 is 2.86 bits per heavy atom. The van der Waals surface area contributed by atoms with Crippen molar-refractivity contribution in [1.29, 1.82) is 0 Å². The van der Waals surface area contributed by atoms with Gasteiger partial charge in [0.1, 0.15) is 6.61 Å². The molecule has 0 amide bonds. The summed E-state index contributed by atoms with van der Waals surface area (Å²) in [6.45, 7) is 8.29. The van der Waals surface area contributed by atoms with Crippen LogP contribution in [0.2, 0.25) is 0 Å². The highest BCUT2D eigenvalue weighted by molar-refractivity contribution is 5.79. The van der Waals surface area contributed by atoms with Gasteiger partial charge in [0.2, 0.25) is 5.88 Å². The van der Waals surface area contributed by atoms with E-state index in [2.05, 4.69) is 59.4 Å². The molecule has 1 aromatic carbocycles. The minimum atomic E-state index is -0.316. The van der Waals surface area contributed by atoms with Crippen LogP contribution in [0.25, 0.3) is 5.57 Å². The van der Waals surface area contributed by atoms with Crippen molar-refractivity contribution in [3.8, 4) is 5.88 Å². The molecule has 0 spiro atoms. The number of alkyl halides is 1.